The number of ketones is 2. The normalized spacial score (nSPS) is 10.8. The number of aryl methyl sites for hydroxylation is 4. The van der Waals surface area contributed by atoms with E-state index in [2.05, 4.69) is 19.2 Å². The minimum atomic E-state index is -3.50. The number of unbranched alkanes of at least 4 members (excludes halogenated alkanes) is 2. The second kappa shape index (κ2) is 29.1. The number of amides is 1. The van der Waals surface area contributed by atoms with Crippen molar-refractivity contribution < 1.29 is 52.5 Å². The number of carboxylic acids is 3. The predicted octanol–water partition coefficient (Wildman–Crippen LogP) is 12.5. The molecule has 0 spiro atoms. The summed E-state index contributed by atoms with van der Waals surface area (Å²) in [6.07, 6.45) is 6.91. The molecule has 0 aliphatic rings. The van der Waals surface area contributed by atoms with Gasteiger partial charge in [-0.1, -0.05) is 160 Å². The summed E-state index contributed by atoms with van der Waals surface area (Å²) in [5.74, 6) is -4.27. The fourth-order valence-electron chi connectivity index (χ4n) is 8.32. The molecule has 14 heteroatoms. The third kappa shape index (κ3) is 18.2. The molecule has 0 saturated heterocycles. The number of hydrogen-bond acceptors (Lipinski definition) is 8. The molecule has 0 bridgehead atoms. The molecule has 0 unspecified atom stereocenters. The minimum Gasteiger partial charge on any atom is -0.478 e. The van der Waals surface area contributed by atoms with Crippen molar-refractivity contribution in [3.63, 3.8) is 0 Å². The quantitative estimate of drug-likeness (QED) is 0.0469. The highest BCUT2D eigenvalue weighted by Crippen LogP contribution is 2.21. The SMILES string of the molecule is CCCCc1ccc(CC(=O)c2cc(C)ccc2C(=O)O)cc1.CCCCc1ccc(NC(=O)c2c(C)cccc2C(=O)O)cc1.CN(Cc1cccc(CC(=O)c2ccccc2C(=O)O)c1)S(=O)(=O)Cc1ccccc1. The number of anilines is 1. The summed E-state index contributed by atoms with van der Waals surface area (Å²) in [4.78, 5) is 71.5. The van der Waals surface area contributed by atoms with Crippen molar-refractivity contribution in [1.29, 1.82) is 0 Å². The van der Waals surface area contributed by atoms with Crippen molar-refractivity contribution in [3.05, 3.63) is 242 Å². The van der Waals surface area contributed by atoms with Gasteiger partial charge in [-0.3, -0.25) is 14.4 Å². The molecule has 400 valence electrons. The van der Waals surface area contributed by atoms with E-state index in [4.69, 9.17) is 0 Å². The summed E-state index contributed by atoms with van der Waals surface area (Å²) < 4.78 is 26.6. The van der Waals surface area contributed by atoms with Crippen molar-refractivity contribution in [3.8, 4) is 0 Å². The first-order valence-corrected chi connectivity index (χ1v) is 27.0. The van der Waals surface area contributed by atoms with E-state index in [1.165, 1.54) is 46.7 Å². The maximum absolute atomic E-state index is 12.7. The molecule has 0 aliphatic heterocycles. The van der Waals surface area contributed by atoms with Crippen LogP contribution in [0.5, 0.6) is 0 Å². The van der Waals surface area contributed by atoms with Gasteiger partial charge in [0.25, 0.3) is 5.91 Å². The van der Waals surface area contributed by atoms with Gasteiger partial charge in [0, 0.05) is 43.2 Å². The van der Waals surface area contributed by atoms with Crippen LogP contribution < -0.4 is 5.32 Å². The van der Waals surface area contributed by atoms with Gasteiger partial charge in [0.15, 0.2) is 11.6 Å². The number of hydrogen-bond donors (Lipinski definition) is 4. The number of benzene rings is 7. The Labute approximate surface area is 451 Å². The third-order valence-corrected chi connectivity index (χ3v) is 14.3. The molecule has 7 rings (SSSR count). The Hall–Kier alpha value is -8.33. The van der Waals surface area contributed by atoms with E-state index in [0.29, 0.717) is 22.4 Å². The first kappa shape index (κ1) is 59.5. The van der Waals surface area contributed by atoms with Crippen LogP contribution in [-0.2, 0) is 48.0 Å². The van der Waals surface area contributed by atoms with Crippen LogP contribution in [0.15, 0.2) is 164 Å². The Morgan fingerprint density at radius 3 is 1.56 bits per heavy atom. The van der Waals surface area contributed by atoms with E-state index in [0.717, 1.165) is 55.2 Å². The Balaban J connectivity index is 0.000000217. The molecule has 0 aromatic heterocycles. The monoisotopic (exact) mass is 1060 g/mol. The number of sulfonamides is 1. The van der Waals surface area contributed by atoms with E-state index in [-0.39, 0.29) is 70.1 Å². The standard InChI is InChI=1S/C24H23NO5S.C20H22O3.C19H21NO3/c1-25(31(29,30)17-18-8-3-2-4-9-18)16-20-11-7-10-19(14-20)15-23(26)21-12-5-6-13-22(21)24(27)28;1-3-4-5-15-7-9-16(10-8-15)13-19(21)18-12-14(2)6-11-17(18)20(22)23;1-3-4-7-14-9-11-15(12-10-14)20-18(21)17-13(2)6-5-8-16(17)19(22)23/h2-14H,15-17H2,1H3,(H,27,28);6-12H,3-5,13H2,1-2H3,(H,22,23);5-6,8-12H,3-4,7H2,1-2H3,(H,20,21)(H,22,23). The van der Waals surface area contributed by atoms with Crippen LogP contribution in [0.1, 0.15) is 146 Å². The molecule has 0 fully saturated rings. The average molecular weight is 1060 g/mol. The first-order valence-electron chi connectivity index (χ1n) is 25.4. The molecule has 7 aromatic carbocycles. The molecule has 13 nitrogen and oxygen atoms in total. The van der Waals surface area contributed by atoms with E-state index in [1.807, 2.05) is 61.5 Å². The van der Waals surface area contributed by atoms with Crippen LogP contribution in [0, 0.1) is 13.8 Å². The summed E-state index contributed by atoms with van der Waals surface area (Å²) in [5, 5.41) is 30.5. The molecule has 4 N–H and O–H groups in total. The Bertz CT molecular complexity index is 3280. The van der Waals surface area contributed by atoms with Crippen molar-refractivity contribution in [2.75, 3.05) is 12.4 Å². The lowest BCUT2D eigenvalue weighted by Crippen LogP contribution is -2.27. The zero-order valence-electron chi connectivity index (χ0n) is 44.1. The van der Waals surface area contributed by atoms with Crippen molar-refractivity contribution in [2.45, 2.75) is 91.4 Å². The highest BCUT2D eigenvalue weighted by Gasteiger charge is 2.22. The molecule has 7 aromatic rings. The van der Waals surface area contributed by atoms with Crippen molar-refractivity contribution in [2.24, 2.45) is 0 Å². The zero-order valence-corrected chi connectivity index (χ0v) is 44.9. The fourth-order valence-corrected chi connectivity index (χ4v) is 9.50. The number of carbonyl (C=O) groups is 6. The molecule has 77 heavy (non-hydrogen) atoms. The molecule has 1 amide bonds. The zero-order chi connectivity index (χ0) is 56.1. The molecule has 0 saturated carbocycles. The third-order valence-electron chi connectivity index (χ3n) is 12.6. The smallest absolute Gasteiger partial charge is 0.336 e. The minimum absolute atomic E-state index is 0.0158. The molecule has 0 heterocycles. The largest absolute Gasteiger partial charge is 0.478 e. The summed E-state index contributed by atoms with van der Waals surface area (Å²) in [6.45, 7) is 8.06. The second-order valence-corrected chi connectivity index (χ2v) is 20.8. The van der Waals surface area contributed by atoms with Crippen molar-refractivity contribution in [1.82, 2.24) is 4.31 Å². The van der Waals surface area contributed by atoms with Gasteiger partial charge in [-0.2, -0.15) is 0 Å². The van der Waals surface area contributed by atoms with Crippen LogP contribution in [0.3, 0.4) is 0 Å². The molecule has 0 aliphatic carbocycles. The Morgan fingerprint density at radius 2 is 0.961 bits per heavy atom. The predicted molar refractivity (Wildman–Crippen MR) is 301 cm³/mol. The van der Waals surface area contributed by atoms with Crippen LogP contribution in [0.2, 0.25) is 0 Å². The lowest BCUT2D eigenvalue weighted by atomic mass is 9.96. The van der Waals surface area contributed by atoms with Gasteiger partial charge in [0.2, 0.25) is 10.0 Å². The highest BCUT2D eigenvalue weighted by atomic mass is 32.2. The fraction of sp³-hybridized carbons (Fsp3) is 0.238. The van der Waals surface area contributed by atoms with Crippen LogP contribution in [-0.4, -0.2) is 70.5 Å². The number of Topliss-reactive ketones (excluding diaryl/α,β-unsaturated/α-hetero) is 2. The van der Waals surface area contributed by atoms with Gasteiger partial charge < -0.3 is 20.6 Å². The van der Waals surface area contributed by atoms with Gasteiger partial charge in [0.1, 0.15) is 0 Å². The van der Waals surface area contributed by atoms with Crippen molar-refractivity contribution >= 4 is 51.1 Å². The van der Waals surface area contributed by atoms with E-state index in [9.17, 15) is 52.5 Å². The number of nitrogens with zero attached hydrogens (tertiary/aromatic N) is 1. The summed E-state index contributed by atoms with van der Waals surface area (Å²) in [5.41, 5.74) is 8.44. The molecular formula is C63H66N2O11S. The second-order valence-electron chi connectivity index (χ2n) is 18.7. The number of carboxylic acid groups (broad SMARTS) is 3. The average Bonchev–Trinajstić information content (AvgIpc) is 3.40. The maximum atomic E-state index is 12.7. The molecular weight excluding hydrogens is 993 g/mol. The molecule has 0 atom stereocenters. The summed E-state index contributed by atoms with van der Waals surface area (Å²) >= 11 is 0. The number of rotatable bonds is 22. The van der Waals surface area contributed by atoms with Crippen LogP contribution >= 0.6 is 0 Å². The van der Waals surface area contributed by atoms with Gasteiger partial charge in [-0.15, -0.1) is 0 Å². The van der Waals surface area contributed by atoms with Crippen LogP contribution in [0.4, 0.5) is 5.69 Å². The lowest BCUT2D eigenvalue weighted by molar-refractivity contribution is 0.0683. The van der Waals surface area contributed by atoms with Gasteiger partial charge in [0.05, 0.1) is 28.0 Å². The maximum Gasteiger partial charge on any atom is 0.336 e. The summed E-state index contributed by atoms with van der Waals surface area (Å²) in [7, 11) is -1.98. The number of aromatic carboxylic acids is 3. The van der Waals surface area contributed by atoms with Crippen LogP contribution in [0.25, 0.3) is 0 Å². The molecule has 0 radical (unpaired) electrons. The van der Waals surface area contributed by atoms with E-state index < -0.39 is 33.8 Å². The first-order chi connectivity index (χ1) is 36.8. The summed E-state index contributed by atoms with van der Waals surface area (Å²) in [6, 6.07) is 47.5. The van der Waals surface area contributed by atoms with Gasteiger partial charge >= 0.3 is 17.9 Å². The highest BCUT2D eigenvalue weighted by molar-refractivity contribution is 7.88. The van der Waals surface area contributed by atoms with E-state index >= 15 is 0 Å². The number of nitrogens with one attached hydrogen (secondary N) is 1. The van der Waals surface area contributed by atoms with Gasteiger partial charge in [-0.05, 0) is 115 Å². The van der Waals surface area contributed by atoms with Gasteiger partial charge in [-0.25, -0.2) is 27.1 Å². The van der Waals surface area contributed by atoms with E-state index in [1.54, 1.807) is 91.9 Å². The Morgan fingerprint density at radius 1 is 0.481 bits per heavy atom. The Kier molecular flexibility index (Phi) is 22.5. The lowest BCUT2D eigenvalue weighted by Gasteiger charge is -2.18. The topological polar surface area (TPSA) is 213 Å². The number of carbonyl (C=O) groups excluding carboxylic acids is 3.